The number of carbonyl (C=O) groups is 1. The molecule has 0 bridgehead atoms. The van der Waals surface area contributed by atoms with Crippen LogP contribution in [0.15, 0.2) is 72.8 Å². The molecule has 1 aromatic heterocycles. The normalized spacial score (nSPS) is 14.8. The highest BCUT2D eigenvalue weighted by Gasteiger charge is 2.24. The molecule has 4 aromatic rings. The van der Waals surface area contributed by atoms with Gasteiger partial charge in [-0.25, -0.2) is 4.98 Å². The van der Waals surface area contributed by atoms with Crippen LogP contribution in [0.2, 0.25) is 0 Å². The molecule has 1 unspecified atom stereocenters. The summed E-state index contributed by atoms with van der Waals surface area (Å²) >= 11 is 0. The van der Waals surface area contributed by atoms with Crippen molar-refractivity contribution in [1.82, 2.24) is 19.8 Å². The zero-order valence-electron chi connectivity index (χ0n) is 23.9. The van der Waals surface area contributed by atoms with Crippen molar-refractivity contribution in [2.75, 3.05) is 44.2 Å². The van der Waals surface area contributed by atoms with Gasteiger partial charge >= 0.3 is 0 Å². The molecule has 0 aliphatic carbocycles. The van der Waals surface area contributed by atoms with Crippen molar-refractivity contribution < 1.29 is 9.90 Å². The first-order chi connectivity index (χ1) is 19.3. The predicted molar refractivity (Wildman–Crippen MR) is 161 cm³/mol. The molecule has 40 heavy (non-hydrogen) atoms. The number of β-amino-alcohol motifs (C(OH)–C–C–N with tert-alkyl or cyclic N) is 1. The third-order valence-electron chi connectivity index (χ3n) is 7.90. The van der Waals surface area contributed by atoms with Crippen LogP contribution >= 0.6 is 0 Å². The van der Waals surface area contributed by atoms with Gasteiger partial charge in [0, 0.05) is 56.2 Å². The number of rotatable bonds is 8. The number of amides is 1. The number of benzene rings is 3. The van der Waals surface area contributed by atoms with Crippen molar-refractivity contribution in [2.45, 2.75) is 33.8 Å². The predicted octanol–water partition coefficient (Wildman–Crippen LogP) is 4.69. The Morgan fingerprint density at radius 1 is 0.900 bits per heavy atom. The molecule has 1 amide bonds. The van der Waals surface area contributed by atoms with Crippen molar-refractivity contribution in [3.05, 3.63) is 101 Å². The van der Waals surface area contributed by atoms with E-state index < -0.39 is 6.10 Å². The number of aliphatic hydroxyl groups excluding tert-OH is 1. The summed E-state index contributed by atoms with van der Waals surface area (Å²) in [7, 11) is 0. The van der Waals surface area contributed by atoms with E-state index in [1.54, 1.807) is 0 Å². The lowest BCUT2D eigenvalue weighted by Gasteiger charge is -2.37. The maximum Gasteiger partial charge on any atom is 0.271 e. The molecule has 2 N–H and O–H groups in total. The molecule has 2 heterocycles. The molecule has 3 aromatic carbocycles. The molecule has 5 rings (SSSR count). The molecule has 7 heteroatoms. The van der Waals surface area contributed by atoms with Crippen LogP contribution in [0.25, 0.3) is 17.1 Å². The number of aliphatic hydroxyl groups is 1. The Hall–Kier alpha value is -3.94. The third kappa shape index (κ3) is 5.96. The Morgan fingerprint density at radius 3 is 2.30 bits per heavy atom. The monoisotopic (exact) mass is 537 g/mol. The fourth-order valence-electron chi connectivity index (χ4n) is 5.41. The lowest BCUT2D eigenvalue weighted by atomic mass is 10.1. The van der Waals surface area contributed by atoms with E-state index in [1.165, 1.54) is 22.4 Å². The Kier molecular flexibility index (Phi) is 8.33. The molecule has 0 spiro atoms. The van der Waals surface area contributed by atoms with E-state index in [0.717, 1.165) is 48.9 Å². The van der Waals surface area contributed by atoms with Gasteiger partial charge in [0.2, 0.25) is 0 Å². The zero-order chi connectivity index (χ0) is 28.2. The van der Waals surface area contributed by atoms with E-state index in [0.29, 0.717) is 12.2 Å². The summed E-state index contributed by atoms with van der Waals surface area (Å²) in [6, 6.07) is 24.6. The Labute approximate surface area is 237 Å². The fraction of sp³-hybridized carbons (Fsp3) is 0.333. The molecule has 208 valence electrons. The average molecular weight is 538 g/mol. The number of hydrogen-bond donors (Lipinski definition) is 2. The highest BCUT2D eigenvalue weighted by Crippen LogP contribution is 2.27. The smallest absolute Gasteiger partial charge is 0.271 e. The van der Waals surface area contributed by atoms with E-state index >= 15 is 0 Å². The number of anilines is 1. The van der Waals surface area contributed by atoms with E-state index in [1.807, 2.05) is 54.0 Å². The van der Waals surface area contributed by atoms with Crippen LogP contribution in [0.1, 0.15) is 32.9 Å². The van der Waals surface area contributed by atoms with Crippen molar-refractivity contribution in [2.24, 2.45) is 0 Å². The molecule has 1 aliphatic heterocycles. The quantitative estimate of drug-likeness (QED) is 0.341. The maximum absolute atomic E-state index is 13.3. The van der Waals surface area contributed by atoms with Crippen molar-refractivity contribution in [1.29, 1.82) is 0 Å². The molecule has 1 aliphatic rings. The van der Waals surface area contributed by atoms with E-state index in [2.05, 4.69) is 66.2 Å². The summed E-state index contributed by atoms with van der Waals surface area (Å²) in [5.41, 5.74) is 8.11. The van der Waals surface area contributed by atoms with Crippen molar-refractivity contribution >= 4 is 11.6 Å². The van der Waals surface area contributed by atoms with Crippen molar-refractivity contribution in [3.63, 3.8) is 0 Å². The first kappa shape index (κ1) is 27.6. The molecule has 1 saturated heterocycles. The largest absolute Gasteiger partial charge is 0.390 e. The van der Waals surface area contributed by atoms with Gasteiger partial charge in [-0.3, -0.25) is 14.3 Å². The van der Waals surface area contributed by atoms with Crippen LogP contribution in [0.5, 0.6) is 0 Å². The maximum atomic E-state index is 13.3. The number of aryl methyl sites for hydroxylation is 2. The summed E-state index contributed by atoms with van der Waals surface area (Å²) in [6.45, 7) is 12.6. The van der Waals surface area contributed by atoms with Gasteiger partial charge in [-0.1, -0.05) is 60.2 Å². The second kappa shape index (κ2) is 12.1. The van der Waals surface area contributed by atoms with Gasteiger partial charge in [-0.2, -0.15) is 0 Å². The molecule has 1 atom stereocenters. The SMILES string of the molecule is Cc1ccc(-n2c(-c3ccccc3)nc(C(=O)NCC(O)CN3CCN(c4cccc(C)c4C)CC3)c2C)cc1. The molecular formula is C33H39N5O2. The van der Waals surface area contributed by atoms with Crippen LogP contribution in [0.3, 0.4) is 0 Å². The van der Waals surface area contributed by atoms with Crippen LogP contribution < -0.4 is 10.2 Å². The number of hydrogen-bond acceptors (Lipinski definition) is 5. The number of piperazine rings is 1. The van der Waals surface area contributed by atoms with Gasteiger partial charge in [-0.15, -0.1) is 0 Å². The lowest BCUT2D eigenvalue weighted by molar-refractivity contribution is 0.0847. The summed E-state index contributed by atoms with van der Waals surface area (Å²) in [6.07, 6.45) is -0.663. The number of imidazole rings is 1. The zero-order valence-corrected chi connectivity index (χ0v) is 23.9. The lowest BCUT2D eigenvalue weighted by Crippen LogP contribution is -2.50. The highest BCUT2D eigenvalue weighted by atomic mass is 16.3. The third-order valence-corrected chi connectivity index (χ3v) is 7.90. The summed E-state index contributed by atoms with van der Waals surface area (Å²) in [4.78, 5) is 22.7. The van der Waals surface area contributed by atoms with Gasteiger partial charge in [0.15, 0.2) is 0 Å². The Morgan fingerprint density at radius 2 is 1.60 bits per heavy atom. The number of nitrogens with one attached hydrogen (secondary N) is 1. The minimum atomic E-state index is -0.663. The Bertz CT molecular complexity index is 1450. The van der Waals surface area contributed by atoms with Crippen LogP contribution in [0, 0.1) is 27.7 Å². The van der Waals surface area contributed by atoms with E-state index in [4.69, 9.17) is 4.98 Å². The van der Waals surface area contributed by atoms with E-state index in [-0.39, 0.29) is 12.5 Å². The fourth-order valence-corrected chi connectivity index (χ4v) is 5.41. The van der Waals surface area contributed by atoms with Gasteiger partial charge in [0.1, 0.15) is 11.5 Å². The second-order valence-electron chi connectivity index (χ2n) is 10.8. The molecule has 0 radical (unpaired) electrons. The summed E-state index contributed by atoms with van der Waals surface area (Å²) < 4.78 is 2.02. The molecule has 7 nitrogen and oxygen atoms in total. The van der Waals surface area contributed by atoms with Gasteiger partial charge < -0.3 is 15.3 Å². The number of carbonyl (C=O) groups excluding carboxylic acids is 1. The first-order valence-corrected chi connectivity index (χ1v) is 14.0. The van der Waals surface area contributed by atoms with Crippen LogP contribution in [-0.4, -0.2) is 70.8 Å². The van der Waals surface area contributed by atoms with Crippen LogP contribution in [0.4, 0.5) is 5.69 Å². The minimum absolute atomic E-state index is 0.174. The topological polar surface area (TPSA) is 73.6 Å². The van der Waals surface area contributed by atoms with Gasteiger partial charge in [-0.05, 0) is 57.0 Å². The highest BCUT2D eigenvalue weighted by molar-refractivity contribution is 5.94. The minimum Gasteiger partial charge on any atom is -0.390 e. The summed E-state index contributed by atoms with van der Waals surface area (Å²) in [5.74, 6) is 0.439. The second-order valence-corrected chi connectivity index (χ2v) is 10.8. The Balaban J connectivity index is 1.22. The van der Waals surface area contributed by atoms with Crippen molar-refractivity contribution in [3.8, 4) is 17.1 Å². The number of aromatic nitrogens is 2. The molecule has 0 saturated carbocycles. The van der Waals surface area contributed by atoms with Gasteiger partial charge in [0.05, 0.1) is 11.8 Å². The van der Waals surface area contributed by atoms with Gasteiger partial charge in [0.25, 0.3) is 5.91 Å². The summed E-state index contributed by atoms with van der Waals surface area (Å²) in [5, 5.41) is 13.7. The number of nitrogens with zero attached hydrogens (tertiary/aromatic N) is 4. The van der Waals surface area contributed by atoms with E-state index in [9.17, 15) is 9.90 Å². The van der Waals surface area contributed by atoms with Crippen LogP contribution in [-0.2, 0) is 0 Å². The molecule has 1 fully saturated rings. The first-order valence-electron chi connectivity index (χ1n) is 14.0. The standard InChI is InChI=1S/C33H39N5O2/c1-23-13-15-28(16-14-23)38-26(4)31(35-32(38)27-10-6-5-7-11-27)33(40)34-21-29(39)22-36-17-19-37(20-18-36)30-12-8-9-24(2)25(30)3/h5-16,29,39H,17-22H2,1-4H3,(H,34,40). The molecular weight excluding hydrogens is 498 g/mol. The average Bonchev–Trinajstić information content (AvgIpc) is 3.31.